The number of piperidine rings is 1. The molecule has 0 unspecified atom stereocenters. The van der Waals surface area contributed by atoms with Crippen LogP contribution in [-0.4, -0.2) is 83.8 Å². The maximum absolute atomic E-state index is 12.9. The summed E-state index contributed by atoms with van der Waals surface area (Å²) in [5.41, 5.74) is 2.57. The number of amides is 1. The molecule has 174 valence electrons. The summed E-state index contributed by atoms with van der Waals surface area (Å²) in [4.78, 5) is 28.2. The zero-order valence-corrected chi connectivity index (χ0v) is 19.3. The second-order valence-corrected chi connectivity index (χ2v) is 8.81. The molecule has 0 radical (unpaired) electrons. The van der Waals surface area contributed by atoms with Gasteiger partial charge in [0.15, 0.2) is 0 Å². The van der Waals surface area contributed by atoms with E-state index in [0.717, 1.165) is 69.1 Å². The summed E-state index contributed by atoms with van der Waals surface area (Å²) >= 11 is 0. The lowest BCUT2D eigenvalue weighted by molar-refractivity contribution is 0.0828. The lowest BCUT2D eigenvalue weighted by atomic mass is 10.1. The Hall–Kier alpha value is -3.40. The second kappa shape index (κ2) is 9.22. The number of nitrogens with one attached hydrogen (secondary N) is 2. The predicted molar refractivity (Wildman–Crippen MR) is 130 cm³/mol. The molecule has 1 amide bonds. The Kier molecular flexibility index (Phi) is 5.99. The molecule has 2 saturated heterocycles. The van der Waals surface area contributed by atoms with Crippen LogP contribution in [0.4, 0.5) is 23.3 Å². The molecule has 2 N–H and O–H groups in total. The molecular weight excluding hydrogens is 418 g/mol. The van der Waals surface area contributed by atoms with Crippen molar-refractivity contribution in [2.75, 3.05) is 68.5 Å². The van der Waals surface area contributed by atoms with Gasteiger partial charge in [-0.15, -0.1) is 5.10 Å². The summed E-state index contributed by atoms with van der Waals surface area (Å²) in [6.07, 6.45) is 7.08. The number of anilines is 4. The number of pyridine rings is 1. The third-order valence-electron chi connectivity index (χ3n) is 6.25. The van der Waals surface area contributed by atoms with Crippen molar-refractivity contribution < 1.29 is 4.79 Å². The molecule has 2 fully saturated rings. The summed E-state index contributed by atoms with van der Waals surface area (Å²) in [5, 5.41) is 11.3. The number of nitrogens with zero attached hydrogens (tertiary/aromatic N) is 7. The van der Waals surface area contributed by atoms with Crippen molar-refractivity contribution in [2.24, 2.45) is 0 Å². The molecule has 3 aromatic heterocycles. The van der Waals surface area contributed by atoms with E-state index < -0.39 is 0 Å². The molecule has 10 heteroatoms. The van der Waals surface area contributed by atoms with E-state index in [1.54, 1.807) is 25.2 Å². The Balaban J connectivity index is 1.44. The highest BCUT2D eigenvalue weighted by atomic mass is 16.2. The first-order valence-corrected chi connectivity index (χ1v) is 11.6. The third kappa shape index (κ3) is 4.43. The highest BCUT2D eigenvalue weighted by Crippen LogP contribution is 2.29. The van der Waals surface area contributed by atoms with E-state index in [-0.39, 0.29) is 5.91 Å². The zero-order valence-electron chi connectivity index (χ0n) is 19.3. The molecule has 5 heterocycles. The normalized spacial score (nSPS) is 16.8. The van der Waals surface area contributed by atoms with E-state index in [1.807, 2.05) is 22.8 Å². The average Bonchev–Trinajstić information content (AvgIpc) is 3.24. The summed E-state index contributed by atoms with van der Waals surface area (Å²) in [6, 6.07) is 5.91. The first-order valence-electron chi connectivity index (χ1n) is 11.6. The Morgan fingerprint density at radius 2 is 1.79 bits per heavy atom. The average molecular weight is 450 g/mol. The highest BCUT2D eigenvalue weighted by Gasteiger charge is 2.25. The highest BCUT2D eigenvalue weighted by molar-refractivity contribution is 6.01. The van der Waals surface area contributed by atoms with Crippen LogP contribution in [-0.2, 0) is 0 Å². The number of rotatable bonds is 5. The van der Waals surface area contributed by atoms with Crippen LogP contribution in [0.25, 0.3) is 5.52 Å². The monoisotopic (exact) mass is 449 g/mol. The molecule has 0 atom stereocenters. The summed E-state index contributed by atoms with van der Waals surface area (Å²) in [6.45, 7) is 5.78. The van der Waals surface area contributed by atoms with Gasteiger partial charge in [-0.2, -0.15) is 0 Å². The van der Waals surface area contributed by atoms with E-state index in [0.29, 0.717) is 17.3 Å². The van der Waals surface area contributed by atoms with E-state index in [1.165, 1.54) is 6.42 Å². The van der Waals surface area contributed by atoms with E-state index in [4.69, 9.17) is 5.10 Å². The zero-order chi connectivity index (χ0) is 22.8. The number of carbonyl (C=O) groups is 1. The van der Waals surface area contributed by atoms with Crippen molar-refractivity contribution in [3.05, 3.63) is 36.2 Å². The maximum atomic E-state index is 12.9. The van der Waals surface area contributed by atoms with Crippen LogP contribution in [0.5, 0.6) is 0 Å². The largest absolute Gasteiger partial charge is 0.368 e. The van der Waals surface area contributed by atoms with Crippen molar-refractivity contribution in [3.63, 3.8) is 0 Å². The number of hydrogen-bond donors (Lipinski definition) is 2. The van der Waals surface area contributed by atoms with Gasteiger partial charge >= 0.3 is 0 Å². The third-order valence-corrected chi connectivity index (χ3v) is 6.25. The summed E-state index contributed by atoms with van der Waals surface area (Å²) in [7, 11) is 3.55. The number of piperazine rings is 1. The molecule has 33 heavy (non-hydrogen) atoms. The molecule has 10 nitrogen and oxygen atoms in total. The van der Waals surface area contributed by atoms with Gasteiger partial charge in [0.2, 0.25) is 5.95 Å². The minimum atomic E-state index is -0.0271. The Morgan fingerprint density at radius 1 is 1.00 bits per heavy atom. The molecule has 0 aliphatic carbocycles. The Labute approximate surface area is 193 Å². The molecule has 0 saturated carbocycles. The minimum absolute atomic E-state index is 0.0271. The molecule has 0 spiro atoms. The Bertz CT molecular complexity index is 1110. The van der Waals surface area contributed by atoms with Gasteiger partial charge in [0.25, 0.3) is 5.91 Å². The van der Waals surface area contributed by atoms with Gasteiger partial charge in [0, 0.05) is 53.4 Å². The Morgan fingerprint density at radius 3 is 2.48 bits per heavy atom. The smallest absolute Gasteiger partial charge is 0.257 e. The van der Waals surface area contributed by atoms with Gasteiger partial charge in [-0.1, -0.05) is 0 Å². The lowest BCUT2D eigenvalue weighted by Crippen LogP contribution is -2.43. The van der Waals surface area contributed by atoms with E-state index in [2.05, 4.69) is 36.5 Å². The number of aromatic nitrogens is 4. The van der Waals surface area contributed by atoms with Crippen LogP contribution in [0, 0.1) is 0 Å². The SMILES string of the molecule is CN(C)C(=O)c1cc2cnc(Nc3ccc(N4CCNCC4)cn3)nn2c1N1CCCCC1. The molecule has 0 bridgehead atoms. The maximum Gasteiger partial charge on any atom is 0.257 e. The first-order chi connectivity index (χ1) is 16.1. The van der Waals surface area contributed by atoms with Gasteiger partial charge in [-0.25, -0.2) is 14.5 Å². The van der Waals surface area contributed by atoms with E-state index >= 15 is 0 Å². The van der Waals surface area contributed by atoms with Crippen LogP contribution >= 0.6 is 0 Å². The van der Waals surface area contributed by atoms with Crippen LogP contribution in [0.1, 0.15) is 29.6 Å². The van der Waals surface area contributed by atoms with Gasteiger partial charge < -0.3 is 25.3 Å². The van der Waals surface area contributed by atoms with Gasteiger partial charge in [0.05, 0.1) is 29.2 Å². The molecule has 0 aromatic carbocycles. The lowest BCUT2D eigenvalue weighted by Gasteiger charge is -2.29. The van der Waals surface area contributed by atoms with Crippen LogP contribution < -0.4 is 20.4 Å². The molecule has 2 aliphatic rings. The fraction of sp³-hybridized carbons (Fsp3) is 0.478. The van der Waals surface area contributed by atoms with Gasteiger partial charge in [-0.3, -0.25) is 4.79 Å². The van der Waals surface area contributed by atoms with Crippen molar-refractivity contribution >= 4 is 34.7 Å². The molecule has 3 aromatic rings. The van der Waals surface area contributed by atoms with Gasteiger partial charge in [0.1, 0.15) is 11.6 Å². The second-order valence-electron chi connectivity index (χ2n) is 8.81. The molecule has 5 rings (SSSR count). The van der Waals surface area contributed by atoms with Crippen molar-refractivity contribution in [3.8, 4) is 0 Å². The first kappa shape index (κ1) is 21.4. The van der Waals surface area contributed by atoms with Crippen LogP contribution in [0.15, 0.2) is 30.6 Å². The standard InChI is InChI=1S/C23H31N9O/c1-29(2)22(33)19-14-18-16-26-23(28-32(18)21(19)31-10-4-3-5-11-31)27-20-7-6-17(15-25-20)30-12-8-24-9-13-30/h6-7,14-16,24H,3-5,8-13H2,1-2H3,(H,25,27,28). The van der Waals surface area contributed by atoms with E-state index in [9.17, 15) is 4.79 Å². The number of fused-ring (bicyclic) bond motifs is 1. The fourth-order valence-corrected chi connectivity index (χ4v) is 4.51. The summed E-state index contributed by atoms with van der Waals surface area (Å²) in [5.74, 6) is 1.95. The fourth-order valence-electron chi connectivity index (χ4n) is 4.51. The quantitative estimate of drug-likeness (QED) is 0.611. The number of carbonyl (C=O) groups excluding carboxylic acids is 1. The van der Waals surface area contributed by atoms with Gasteiger partial charge in [-0.05, 0) is 37.5 Å². The minimum Gasteiger partial charge on any atom is -0.368 e. The van der Waals surface area contributed by atoms with Crippen molar-refractivity contribution in [1.82, 2.24) is 29.8 Å². The van der Waals surface area contributed by atoms with Crippen molar-refractivity contribution in [1.29, 1.82) is 0 Å². The van der Waals surface area contributed by atoms with Crippen LogP contribution in [0.3, 0.4) is 0 Å². The molecular formula is C23H31N9O. The summed E-state index contributed by atoms with van der Waals surface area (Å²) < 4.78 is 1.84. The predicted octanol–water partition coefficient (Wildman–Crippen LogP) is 1.97. The molecule has 2 aliphatic heterocycles. The van der Waals surface area contributed by atoms with Crippen LogP contribution in [0.2, 0.25) is 0 Å². The topological polar surface area (TPSA) is 93.9 Å². The number of hydrogen-bond acceptors (Lipinski definition) is 8. The van der Waals surface area contributed by atoms with Crippen molar-refractivity contribution in [2.45, 2.75) is 19.3 Å².